The van der Waals surface area contributed by atoms with E-state index in [1.165, 1.54) is 5.56 Å². The third kappa shape index (κ3) is 2.45. The largest absolute Gasteiger partial charge is 0.364 e. The maximum absolute atomic E-state index is 5.09. The molecule has 0 saturated carbocycles. The highest BCUT2D eigenvalue weighted by Crippen LogP contribution is 2.14. The summed E-state index contributed by atoms with van der Waals surface area (Å²) in [5.41, 5.74) is 3.12. The average molecular weight is 232 g/mol. The minimum Gasteiger partial charge on any atom is -0.364 e. The molecule has 0 aliphatic carbocycles. The first kappa shape index (κ1) is 11.6. The summed E-state index contributed by atoms with van der Waals surface area (Å²) in [6.07, 6.45) is 1.77. The highest BCUT2D eigenvalue weighted by atomic mass is 16.5. The van der Waals surface area contributed by atoms with Crippen LogP contribution in [0.25, 0.3) is 11.0 Å². The first-order chi connectivity index (χ1) is 8.24. The lowest BCUT2D eigenvalue weighted by molar-refractivity contribution is 0.0918. The molecule has 0 N–H and O–H groups in total. The lowest BCUT2D eigenvalue weighted by Crippen LogP contribution is -2.18. The molecular weight excluding hydrogens is 216 g/mol. The zero-order chi connectivity index (χ0) is 12.3. The van der Waals surface area contributed by atoms with Gasteiger partial charge in [0.2, 0.25) is 0 Å². The van der Waals surface area contributed by atoms with Crippen LogP contribution in [0.3, 0.4) is 0 Å². The second-order valence-corrected chi connectivity index (χ2v) is 3.88. The Morgan fingerprint density at radius 3 is 3.06 bits per heavy atom. The molecule has 2 aromatic rings. The Morgan fingerprint density at radius 2 is 2.35 bits per heavy atom. The van der Waals surface area contributed by atoms with Crippen LogP contribution in [-0.4, -0.2) is 33.7 Å². The monoisotopic (exact) mass is 232 g/mol. The standard InChI is InChI=1S/C12H16N4O/c1-4-16(9-17-3)8-10-5-6-11-12(7-10)15(2)14-13-11/h4-7H,1,8-9H2,2-3H3. The highest BCUT2D eigenvalue weighted by molar-refractivity contribution is 5.74. The van der Waals surface area contributed by atoms with E-state index in [2.05, 4.69) is 23.0 Å². The predicted molar refractivity (Wildman–Crippen MR) is 66.1 cm³/mol. The van der Waals surface area contributed by atoms with Crippen molar-refractivity contribution in [2.45, 2.75) is 6.54 Å². The summed E-state index contributed by atoms with van der Waals surface area (Å²) in [6, 6.07) is 6.11. The fraction of sp³-hybridized carbons (Fsp3) is 0.333. The van der Waals surface area contributed by atoms with E-state index in [4.69, 9.17) is 4.74 Å². The minimum atomic E-state index is 0.533. The van der Waals surface area contributed by atoms with Gasteiger partial charge in [0.05, 0.1) is 5.52 Å². The summed E-state index contributed by atoms with van der Waals surface area (Å²) in [5, 5.41) is 8.03. The van der Waals surface area contributed by atoms with Crippen LogP contribution >= 0.6 is 0 Å². The molecule has 2 rings (SSSR count). The van der Waals surface area contributed by atoms with Crippen molar-refractivity contribution in [3.05, 3.63) is 36.5 Å². The number of hydrogen-bond donors (Lipinski definition) is 0. The Labute approximate surface area is 100 Å². The first-order valence-electron chi connectivity index (χ1n) is 5.38. The van der Waals surface area contributed by atoms with Crippen molar-refractivity contribution in [2.75, 3.05) is 13.8 Å². The molecule has 0 spiro atoms. The minimum absolute atomic E-state index is 0.533. The highest BCUT2D eigenvalue weighted by Gasteiger charge is 2.04. The molecule has 0 aliphatic rings. The van der Waals surface area contributed by atoms with Crippen molar-refractivity contribution in [1.29, 1.82) is 0 Å². The van der Waals surface area contributed by atoms with Crippen LogP contribution in [0.15, 0.2) is 31.0 Å². The van der Waals surface area contributed by atoms with Gasteiger partial charge in [0, 0.05) is 20.7 Å². The fourth-order valence-electron chi connectivity index (χ4n) is 1.74. The van der Waals surface area contributed by atoms with Crippen LogP contribution in [0.1, 0.15) is 5.56 Å². The fourth-order valence-corrected chi connectivity index (χ4v) is 1.74. The average Bonchev–Trinajstić information content (AvgIpc) is 2.70. The van der Waals surface area contributed by atoms with Gasteiger partial charge in [-0.1, -0.05) is 17.9 Å². The van der Waals surface area contributed by atoms with E-state index < -0.39 is 0 Å². The second kappa shape index (κ2) is 4.97. The molecule has 0 fully saturated rings. The van der Waals surface area contributed by atoms with Crippen LogP contribution in [0.4, 0.5) is 0 Å². The summed E-state index contributed by atoms with van der Waals surface area (Å²) >= 11 is 0. The molecule has 5 nitrogen and oxygen atoms in total. The normalized spacial score (nSPS) is 10.7. The maximum Gasteiger partial charge on any atom is 0.118 e. The molecule has 0 amide bonds. The topological polar surface area (TPSA) is 43.2 Å². The number of aromatic nitrogens is 3. The van der Waals surface area contributed by atoms with Gasteiger partial charge in [-0.3, -0.25) is 0 Å². The van der Waals surface area contributed by atoms with Gasteiger partial charge in [-0.05, 0) is 23.9 Å². The molecule has 90 valence electrons. The predicted octanol–water partition coefficient (Wildman–Crippen LogP) is 1.52. The van der Waals surface area contributed by atoms with Crippen LogP contribution in [0.2, 0.25) is 0 Å². The van der Waals surface area contributed by atoms with Crippen LogP contribution in [0, 0.1) is 0 Å². The van der Waals surface area contributed by atoms with Crippen molar-refractivity contribution in [3.8, 4) is 0 Å². The molecule has 1 heterocycles. The summed E-state index contributed by atoms with van der Waals surface area (Å²) in [6.45, 7) is 5.06. The molecule has 1 aromatic heterocycles. The Hall–Kier alpha value is -1.88. The van der Waals surface area contributed by atoms with E-state index in [1.54, 1.807) is 18.0 Å². The van der Waals surface area contributed by atoms with Crippen molar-refractivity contribution in [3.63, 3.8) is 0 Å². The number of nitrogens with zero attached hydrogens (tertiary/aromatic N) is 4. The van der Waals surface area contributed by atoms with E-state index in [0.29, 0.717) is 6.73 Å². The van der Waals surface area contributed by atoms with Crippen molar-refractivity contribution in [1.82, 2.24) is 19.9 Å². The van der Waals surface area contributed by atoms with Gasteiger partial charge >= 0.3 is 0 Å². The van der Waals surface area contributed by atoms with Gasteiger partial charge in [0.15, 0.2) is 0 Å². The summed E-state index contributed by atoms with van der Waals surface area (Å²) in [7, 11) is 3.56. The van der Waals surface area contributed by atoms with Gasteiger partial charge in [-0.2, -0.15) is 0 Å². The SMILES string of the molecule is C=CN(COC)Cc1ccc2nnn(C)c2c1. The molecule has 1 aromatic carbocycles. The number of ether oxygens (including phenoxy) is 1. The van der Waals surface area contributed by atoms with Gasteiger partial charge < -0.3 is 9.64 Å². The number of aryl methyl sites for hydroxylation is 1. The smallest absolute Gasteiger partial charge is 0.118 e. The zero-order valence-electron chi connectivity index (χ0n) is 10.1. The molecular formula is C12H16N4O. The van der Waals surface area contributed by atoms with Crippen LogP contribution in [0.5, 0.6) is 0 Å². The molecule has 5 heteroatoms. The number of rotatable bonds is 5. The lowest BCUT2D eigenvalue weighted by atomic mass is 10.2. The molecule has 0 saturated heterocycles. The summed E-state index contributed by atoms with van der Waals surface area (Å²) in [4.78, 5) is 1.99. The molecule has 0 bridgehead atoms. The number of fused-ring (bicyclic) bond motifs is 1. The molecule has 0 atom stereocenters. The van der Waals surface area contributed by atoms with E-state index in [-0.39, 0.29) is 0 Å². The van der Waals surface area contributed by atoms with Gasteiger partial charge in [-0.15, -0.1) is 5.10 Å². The van der Waals surface area contributed by atoms with Crippen LogP contribution in [-0.2, 0) is 18.3 Å². The van der Waals surface area contributed by atoms with Gasteiger partial charge in [0.1, 0.15) is 12.2 Å². The van der Waals surface area contributed by atoms with Crippen molar-refractivity contribution in [2.24, 2.45) is 7.05 Å². The molecule has 0 unspecified atom stereocenters. The van der Waals surface area contributed by atoms with E-state index in [9.17, 15) is 0 Å². The van der Waals surface area contributed by atoms with E-state index in [0.717, 1.165) is 17.6 Å². The summed E-state index contributed by atoms with van der Waals surface area (Å²) < 4.78 is 6.86. The van der Waals surface area contributed by atoms with Crippen molar-refractivity contribution < 1.29 is 4.74 Å². The van der Waals surface area contributed by atoms with Gasteiger partial charge in [0.25, 0.3) is 0 Å². The van der Waals surface area contributed by atoms with Gasteiger partial charge in [-0.25, -0.2) is 4.68 Å². The Kier molecular flexibility index (Phi) is 3.39. The van der Waals surface area contributed by atoms with E-state index >= 15 is 0 Å². The summed E-state index contributed by atoms with van der Waals surface area (Å²) in [5.74, 6) is 0. The number of methoxy groups -OCH3 is 1. The number of benzene rings is 1. The molecule has 17 heavy (non-hydrogen) atoms. The first-order valence-corrected chi connectivity index (χ1v) is 5.38. The molecule has 0 aliphatic heterocycles. The van der Waals surface area contributed by atoms with Crippen molar-refractivity contribution >= 4 is 11.0 Å². The Balaban J connectivity index is 2.23. The third-order valence-electron chi connectivity index (χ3n) is 2.61. The Bertz CT molecular complexity index is 520. The number of hydrogen-bond acceptors (Lipinski definition) is 4. The maximum atomic E-state index is 5.09. The quantitative estimate of drug-likeness (QED) is 0.733. The van der Waals surface area contributed by atoms with Crippen LogP contribution < -0.4 is 0 Å². The third-order valence-corrected chi connectivity index (χ3v) is 2.61. The lowest BCUT2D eigenvalue weighted by Gasteiger charge is -2.18. The molecule has 0 radical (unpaired) electrons. The van der Waals surface area contributed by atoms with E-state index in [1.807, 2.05) is 24.1 Å². The Morgan fingerprint density at radius 1 is 1.53 bits per heavy atom. The zero-order valence-corrected chi connectivity index (χ0v) is 10.1. The second-order valence-electron chi connectivity index (χ2n) is 3.88.